The number of hydrogen-bond donors (Lipinski definition) is 1. The SMILES string of the molecule is COc1cc2c(Nc3ccc(Cl)cc3F)ncnc2cc1OCC=Cc1ccncc1. The van der Waals surface area contributed by atoms with Crippen molar-refractivity contribution >= 4 is 40.1 Å². The van der Waals surface area contributed by atoms with Gasteiger partial charge in [0.25, 0.3) is 0 Å². The summed E-state index contributed by atoms with van der Waals surface area (Å²) in [6.45, 7) is 0.344. The van der Waals surface area contributed by atoms with Gasteiger partial charge >= 0.3 is 0 Å². The molecule has 156 valence electrons. The lowest BCUT2D eigenvalue weighted by Gasteiger charge is -2.13. The number of nitrogens with one attached hydrogen (secondary N) is 1. The number of hydrogen-bond acceptors (Lipinski definition) is 6. The van der Waals surface area contributed by atoms with E-state index in [4.69, 9.17) is 21.1 Å². The van der Waals surface area contributed by atoms with Crippen molar-refractivity contribution in [3.05, 3.63) is 83.7 Å². The first-order valence-electron chi connectivity index (χ1n) is 9.38. The van der Waals surface area contributed by atoms with Gasteiger partial charge < -0.3 is 14.8 Å². The van der Waals surface area contributed by atoms with E-state index in [9.17, 15) is 4.39 Å². The van der Waals surface area contributed by atoms with E-state index >= 15 is 0 Å². The minimum Gasteiger partial charge on any atom is -0.493 e. The maximum Gasteiger partial charge on any atom is 0.163 e. The first-order valence-corrected chi connectivity index (χ1v) is 9.76. The topological polar surface area (TPSA) is 69.2 Å². The van der Waals surface area contributed by atoms with Crippen LogP contribution in [0.1, 0.15) is 5.56 Å². The summed E-state index contributed by atoms with van der Waals surface area (Å²) in [4.78, 5) is 12.5. The Morgan fingerprint density at radius 2 is 1.90 bits per heavy atom. The number of anilines is 2. The van der Waals surface area contributed by atoms with Crippen molar-refractivity contribution < 1.29 is 13.9 Å². The Balaban J connectivity index is 1.58. The van der Waals surface area contributed by atoms with E-state index in [0.717, 1.165) is 5.56 Å². The molecule has 0 aliphatic rings. The maximum atomic E-state index is 14.2. The third kappa shape index (κ3) is 4.90. The number of aromatic nitrogens is 3. The Bertz CT molecular complexity index is 1240. The van der Waals surface area contributed by atoms with Gasteiger partial charge in [-0.3, -0.25) is 4.98 Å². The molecule has 0 radical (unpaired) electrons. The zero-order valence-electron chi connectivity index (χ0n) is 16.5. The zero-order valence-corrected chi connectivity index (χ0v) is 17.3. The number of ether oxygens (including phenoxy) is 2. The molecule has 1 N–H and O–H groups in total. The number of fused-ring (bicyclic) bond motifs is 1. The number of nitrogens with zero attached hydrogens (tertiary/aromatic N) is 3. The summed E-state index contributed by atoms with van der Waals surface area (Å²) in [7, 11) is 1.55. The van der Waals surface area contributed by atoms with E-state index in [-0.39, 0.29) is 5.69 Å². The van der Waals surface area contributed by atoms with Crippen LogP contribution in [0.5, 0.6) is 11.5 Å². The molecule has 0 saturated heterocycles. The Kier molecular flexibility index (Phi) is 6.24. The summed E-state index contributed by atoms with van der Waals surface area (Å²) in [5.74, 6) is 1.01. The van der Waals surface area contributed by atoms with Gasteiger partial charge in [0.15, 0.2) is 11.5 Å². The first kappa shape index (κ1) is 20.6. The lowest BCUT2D eigenvalue weighted by molar-refractivity contribution is 0.327. The predicted molar refractivity (Wildman–Crippen MR) is 120 cm³/mol. The van der Waals surface area contributed by atoms with Gasteiger partial charge in [0.2, 0.25) is 0 Å². The largest absolute Gasteiger partial charge is 0.493 e. The molecule has 0 amide bonds. The molecule has 0 spiro atoms. The second kappa shape index (κ2) is 9.40. The van der Waals surface area contributed by atoms with Crippen molar-refractivity contribution in [2.75, 3.05) is 19.0 Å². The van der Waals surface area contributed by atoms with Crippen molar-refractivity contribution in [2.45, 2.75) is 0 Å². The molecule has 0 aliphatic carbocycles. The predicted octanol–water partition coefficient (Wildman–Crippen LogP) is 5.66. The van der Waals surface area contributed by atoms with Gasteiger partial charge in [-0.05, 0) is 48.0 Å². The molecule has 0 bridgehead atoms. The van der Waals surface area contributed by atoms with Crippen molar-refractivity contribution in [3.63, 3.8) is 0 Å². The lowest BCUT2D eigenvalue weighted by Crippen LogP contribution is -2.00. The van der Waals surface area contributed by atoms with Crippen LogP contribution in [-0.2, 0) is 0 Å². The molecule has 2 heterocycles. The maximum absolute atomic E-state index is 14.2. The van der Waals surface area contributed by atoms with Crippen LogP contribution >= 0.6 is 11.6 Å². The molecular weight excluding hydrogens is 419 g/mol. The summed E-state index contributed by atoms with van der Waals surface area (Å²) in [5.41, 5.74) is 1.91. The van der Waals surface area contributed by atoms with Crippen LogP contribution in [0.4, 0.5) is 15.9 Å². The van der Waals surface area contributed by atoms with Crippen LogP contribution in [0.3, 0.4) is 0 Å². The molecular formula is C23H18ClFN4O2. The second-order valence-corrected chi connectivity index (χ2v) is 6.92. The van der Waals surface area contributed by atoms with Gasteiger partial charge in [0, 0.05) is 28.9 Å². The van der Waals surface area contributed by atoms with E-state index in [1.165, 1.54) is 12.4 Å². The fraction of sp³-hybridized carbons (Fsp3) is 0.0870. The average molecular weight is 437 g/mol. The van der Waals surface area contributed by atoms with Gasteiger partial charge in [-0.1, -0.05) is 17.7 Å². The van der Waals surface area contributed by atoms with Crippen LogP contribution in [0.25, 0.3) is 17.0 Å². The Labute approximate surface area is 183 Å². The zero-order chi connectivity index (χ0) is 21.6. The third-order valence-electron chi connectivity index (χ3n) is 4.46. The number of rotatable bonds is 7. The highest BCUT2D eigenvalue weighted by molar-refractivity contribution is 6.30. The van der Waals surface area contributed by atoms with E-state index in [1.54, 1.807) is 43.8 Å². The van der Waals surface area contributed by atoms with Gasteiger partial charge in [0.05, 0.1) is 18.3 Å². The Hall–Kier alpha value is -3.71. The molecule has 0 atom stereocenters. The number of benzene rings is 2. The fourth-order valence-corrected chi connectivity index (χ4v) is 3.11. The standard InChI is InChI=1S/C23H18ClFN4O2/c1-30-21-12-17-20(13-22(21)31-10-2-3-15-6-8-26-9-7-15)27-14-28-23(17)29-19-5-4-16(24)11-18(19)25/h2-9,11-14H,10H2,1H3,(H,27,28,29). The molecule has 2 aromatic carbocycles. The Morgan fingerprint density at radius 1 is 1.06 bits per heavy atom. The van der Waals surface area contributed by atoms with Crippen molar-refractivity contribution in [1.29, 1.82) is 0 Å². The highest BCUT2D eigenvalue weighted by Crippen LogP contribution is 2.35. The summed E-state index contributed by atoms with van der Waals surface area (Å²) in [6.07, 6.45) is 8.70. The van der Waals surface area contributed by atoms with Crippen LogP contribution in [0, 0.1) is 5.82 Å². The quantitative estimate of drug-likeness (QED) is 0.403. The van der Waals surface area contributed by atoms with E-state index in [0.29, 0.717) is 39.8 Å². The summed E-state index contributed by atoms with van der Waals surface area (Å²) in [6, 6.07) is 11.7. The average Bonchev–Trinajstić information content (AvgIpc) is 2.79. The highest BCUT2D eigenvalue weighted by Gasteiger charge is 2.13. The van der Waals surface area contributed by atoms with Crippen LogP contribution in [0.2, 0.25) is 5.02 Å². The van der Waals surface area contributed by atoms with Gasteiger partial charge in [-0.2, -0.15) is 0 Å². The second-order valence-electron chi connectivity index (χ2n) is 6.49. The minimum atomic E-state index is -0.479. The summed E-state index contributed by atoms with van der Waals surface area (Å²) < 4.78 is 25.5. The molecule has 0 unspecified atom stereocenters. The minimum absolute atomic E-state index is 0.255. The number of methoxy groups -OCH3 is 1. The van der Waals surface area contributed by atoms with Crippen LogP contribution < -0.4 is 14.8 Å². The van der Waals surface area contributed by atoms with Gasteiger partial charge in [-0.25, -0.2) is 14.4 Å². The molecule has 0 saturated carbocycles. The van der Waals surface area contributed by atoms with Gasteiger partial charge in [0.1, 0.15) is 24.6 Å². The molecule has 0 fully saturated rings. The molecule has 0 aliphatic heterocycles. The van der Waals surface area contributed by atoms with Crippen molar-refractivity contribution in [3.8, 4) is 11.5 Å². The summed E-state index contributed by atoms with van der Waals surface area (Å²) in [5, 5.41) is 3.96. The van der Waals surface area contributed by atoms with Crippen molar-refractivity contribution in [1.82, 2.24) is 15.0 Å². The molecule has 4 rings (SSSR count). The monoisotopic (exact) mass is 436 g/mol. The molecule has 2 aromatic heterocycles. The Morgan fingerprint density at radius 3 is 2.68 bits per heavy atom. The lowest BCUT2D eigenvalue weighted by atomic mass is 10.2. The van der Waals surface area contributed by atoms with E-state index in [1.807, 2.05) is 24.3 Å². The van der Waals surface area contributed by atoms with E-state index in [2.05, 4.69) is 20.3 Å². The molecule has 6 nitrogen and oxygen atoms in total. The van der Waals surface area contributed by atoms with E-state index < -0.39 is 5.82 Å². The van der Waals surface area contributed by atoms with Crippen molar-refractivity contribution in [2.24, 2.45) is 0 Å². The van der Waals surface area contributed by atoms with Crippen LogP contribution in [-0.4, -0.2) is 28.7 Å². The molecule has 31 heavy (non-hydrogen) atoms. The van der Waals surface area contributed by atoms with Gasteiger partial charge in [-0.15, -0.1) is 0 Å². The number of pyridine rings is 1. The molecule has 4 aromatic rings. The number of halogens is 2. The first-order chi connectivity index (χ1) is 15.1. The smallest absolute Gasteiger partial charge is 0.163 e. The normalized spacial score (nSPS) is 11.1. The fourth-order valence-electron chi connectivity index (χ4n) is 2.95. The molecule has 8 heteroatoms. The van der Waals surface area contributed by atoms with Crippen LogP contribution in [0.15, 0.2) is 67.3 Å². The third-order valence-corrected chi connectivity index (χ3v) is 4.69. The summed E-state index contributed by atoms with van der Waals surface area (Å²) >= 11 is 5.83. The highest BCUT2D eigenvalue weighted by atomic mass is 35.5.